The number of carbonyl (C=O) groups excluding carboxylic acids is 1. The van der Waals surface area contributed by atoms with Gasteiger partial charge in [-0.15, -0.1) is 0 Å². The summed E-state index contributed by atoms with van der Waals surface area (Å²) in [6.45, 7) is 2.07. The smallest absolute Gasteiger partial charge is 0.259 e. The Balaban J connectivity index is 1.88. The number of hydrazone groups is 1. The number of anilines is 1. The van der Waals surface area contributed by atoms with Gasteiger partial charge >= 0.3 is 0 Å². The summed E-state index contributed by atoms with van der Waals surface area (Å²) in [5, 5.41) is 16.2. The summed E-state index contributed by atoms with van der Waals surface area (Å²) in [6, 6.07) is 10.5. The second-order valence-corrected chi connectivity index (χ2v) is 6.55. The summed E-state index contributed by atoms with van der Waals surface area (Å²) in [5.74, 6) is -0.128. The van der Waals surface area contributed by atoms with E-state index in [4.69, 9.17) is 0 Å². The number of phenols is 1. The number of halogens is 2. The molecule has 1 amide bonds. The lowest BCUT2D eigenvalue weighted by Gasteiger charge is -2.11. The van der Waals surface area contributed by atoms with E-state index in [1.54, 1.807) is 24.3 Å². The molecular weight excluding hydrogens is 426 g/mol. The van der Waals surface area contributed by atoms with E-state index in [2.05, 4.69) is 47.7 Å². The molecule has 2 aromatic rings. The lowest BCUT2D eigenvalue weighted by atomic mass is 10.2. The minimum atomic E-state index is -0.277. The molecule has 0 aliphatic carbocycles. The average molecular weight is 441 g/mol. The third kappa shape index (κ3) is 5.37. The summed E-state index contributed by atoms with van der Waals surface area (Å²) in [4.78, 5) is 11.8. The fraction of sp³-hybridized carbons (Fsp3) is 0.125. The van der Waals surface area contributed by atoms with Crippen molar-refractivity contribution in [3.8, 4) is 5.75 Å². The van der Waals surface area contributed by atoms with Crippen LogP contribution in [-0.4, -0.2) is 23.8 Å². The Labute approximate surface area is 151 Å². The number of aromatic hydroxyl groups is 1. The molecule has 0 fully saturated rings. The Morgan fingerprint density at radius 3 is 2.61 bits per heavy atom. The molecule has 0 spiro atoms. The number of aryl methyl sites for hydroxylation is 1. The van der Waals surface area contributed by atoms with Crippen molar-refractivity contribution in [2.24, 2.45) is 5.10 Å². The summed E-state index contributed by atoms with van der Waals surface area (Å²) in [6.07, 6.45) is 1.47. The topological polar surface area (TPSA) is 73.7 Å². The fourth-order valence-electron chi connectivity index (χ4n) is 1.86. The first-order valence-electron chi connectivity index (χ1n) is 6.76. The maximum absolute atomic E-state index is 11.8. The van der Waals surface area contributed by atoms with Gasteiger partial charge in [-0.2, -0.15) is 5.10 Å². The van der Waals surface area contributed by atoms with Crippen molar-refractivity contribution >= 4 is 49.7 Å². The molecule has 0 aromatic heterocycles. The van der Waals surface area contributed by atoms with Crippen molar-refractivity contribution < 1.29 is 9.90 Å². The zero-order valence-electron chi connectivity index (χ0n) is 12.3. The molecule has 2 aromatic carbocycles. The molecule has 0 saturated carbocycles. The number of rotatable bonds is 5. The largest absolute Gasteiger partial charge is 0.508 e. The molecule has 0 bridgehead atoms. The maximum atomic E-state index is 11.8. The van der Waals surface area contributed by atoms with Crippen LogP contribution in [0.25, 0.3) is 0 Å². The third-order valence-electron chi connectivity index (χ3n) is 2.89. The van der Waals surface area contributed by atoms with Crippen molar-refractivity contribution in [2.75, 3.05) is 11.9 Å². The SMILES string of the molecule is Cc1cc(Br)c(NCC(=O)NN=Cc2cccc(O)c2)c(Br)c1. The normalized spacial score (nSPS) is 10.7. The van der Waals surface area contributed by atoms with Gasteiger partial charge in [0.2, 0.25) is 0 Å². The Morgan fingerprint density at radius 1 is 1.26 bits per heavy atom. The first kappa shape index (κ1) is 17.5. The molecule has 120 valence electrons. The monoisotopic (exact) mass is 439 g/mol. The van der Waals surface area contributed by atoms with E-state index in [1.165, 1.54) is 6.21 Å². The molecule has 0 heterocycles. The Hall–Kier alpha value is -1.86. The number of hydrogen-bond donors (Lipinski definition) is 3. The van der Waals surface area contributed by atoms with E-state index >= 15 is 0 Å². The van der Waals surface area contributed by atoms with E-state index in [0.717, 1.165) is 20.2 Å². The minimum Gasteiger partial charge on any atom is -0.508 e. The van der Waals surface area contributed by atoms with E-state index in [1.807, 2.05) is 19.1 Å². The summed E-state index contributed by atoms with van der Waals surface area (Å²) in [7, 11) is 0. The summed E-state index contributed by atoms with van der Waals surface area (Å²) in [5.41, 5.74) is 5.04. The van der Waals surface area contributed by atoms with Gasteiger partial charge in [0.05, 0.1) is 18.4 Å². The number of phenolic OH excluding ortho intramolecular Hbond substituents is 1. The van der Waals surface area contributed by atoms with E-state index in [0.29, 0.717) is 5.56 Å². The van der Waals surface area contributed by atoms with Gasteiger partial charge in [-0.3, -0.25) is 4.79 Å². The van der Waals surface area contributed by atoms with Crippen molar-refractivity contribution in [3.63, 3.8) is 0 Å². The van der Waals surface area contributed by atoms with Gasteiger partial charge in [0.15, 0.2) is 0 Å². The molecule has 3 N–H and O–H groups in total. The molecule has 7 heteroatoms. The van der Waals surface area contributed by atoms with Crippen LogP contribution in [0.2, 0.25) is 0 Å². The minimum absolute atomic E-state index is 0.0810. The molecule has 0 saturated heterocycles. The van der Waals surface area contributed by atoms with Crippen LogP contribution in [0.1, 0.15) is 11.1 Å². The highest BCUT2D eigenvalue weighted by atomic mass is 79.9. The molecule has 0 aliphatic rings. The molecule has 5 nitrogen and oxygen atoms in total. The van der Waals surface area contributed by atoms with Gasteiger partial charge in [-0.05, 0) is 74.2 Å². The maximum Gasteiger partial charge on any atom is 0.259 e. The molecule has 0 aliphatic heterocycles. The van der Waals surface area contributed by atoms with E-state index in [-0.39, 0.29) is 18.2 Å². The van der Waals surface area contributed by atoms with Crippen LogP contribution < -0.4 is 10.7 Å². The lowest BCUT2D eigenvalue weighted by molar-refractivity contribution is -0.119. The van der Waals surface area contributed by atoms with Crippen LogP contribution in [-0.2, 0) is 4.79 Å². The predicted molar refractivity (Wildman–Crippen MR) is 98.9 cm³/mol. The van der Waals surface area contributed by atoms with Gasteiger partial charge in [0, 0.05) is 8.95 Å². The molecule has 0 unspecified atom stereocenters. The Bertz CT molecular complexity index is 725. The summed E-state index contributed by atoms with van der Waals surface area (Å²) < 4.78 is 1.75. The van der Waals surface area contributed by atoms with E-state index < -0.39 is 0 Å². The van der Waals surface area contributed by atoms with E-state index in [9.17, 15) is 9.90 Å². The number of nitrogens with zero attached hydrogens (tertiary/aromatic N) is 1. The molecule has 0 radical (unpaired) electrons. The molecule has 23 heavy (non-hydrogen) atoms. The summed E-state index contributed by atoms with van der Waals surface area (Å²) >= 11 is 6.92. The van der Waals surface area contributed by atoms with Crippen LogP contribution in [0.4, 0.5) is 5.69 Å². The molecule has 2 rings (SSSR count). The van der Waals surface area contributed by atoms with Gasteiger partial charge in [0.1, 0.15) is 5.75 Å². The lowest BCUT2D eigenvalue weighted by Crippen LogP contribution is -2.26. The van der Waals surface area contributed by atoms with Crippen molar-refractivity contribution in [2.45, 2.75) is 6.92 Å². The average Bonchev–Trinajstić information content (AvgIpc) is 2.46. The predicted octanol–water partition coefficient (Wildman–Crippen LogP) is 3.79. The Morgan fingerprint density at radius 2 is 1.96 bits per heavy atom. The van der Waals surface area contributed by atoms with Crippen LogP contribution in [0.3, 0.4) is 0 Å². The third-order valence-corrected chi connectivity index (χ3v) is 4.14. The highest BCUT2D eigenvalue weighted by Crippen LogP contribution is 2.32. The highest BCUT2D eigenvalue weighted by molar-refractivity contribution is 9.11. The highest BCUT2D eigenvalue weighted by Gasteiger charge is 2.07. The van der Waals surface area contributed by atoms with Gasteiger partial charge < -0.3 is 10.4 Å². The quantitative estimate of drug-likeness (QED) is 0.489. The Kier molecular flexibility index (Phi) is 6.18. The number of hydrogen-bond acceptors (Lipinski definition) is 4. The first-order chi connectivity index (χ1) is 11.0. The van der Waals surface area contributed by atoms with Crippen LogP contribution in [0, 0.1) is 6.92 Å². The van der Waals surface area contributed by atoms with Gasteiger partial charge in [0.25, 0.3) is 5.91 Å². The number of benzene rings is 2. The van der Waals surface area contributed by atoms with Crippen LogP contribution in [0.15, 0.2) is 50.4 Å². The zero-order valence-corrected chi connectivity index (χ0v) is 15.5. The molecule has 0 atom stereocenters. The standard InChI is InChI=1S/C16H15Br2N3O2/c1-10-5-13(17)16(14(18)6-10)19-9-15(23)21-20-8-11-3-2-4-12(22)7-11/h2-8,19,22H,9H2,1H3,(H,21,23). The van der Waals surface area contributed by atoms with Gasteiger partial charge in [-0.25, -0.2) is 5.43 Å². The van der Waals surface area contributed by atoms with Crippen molar-refractivity contribution in [1.82, 2.24) is 5.43 Å². The number of carbonyl (C=O) groups is 1. The first-order valence-corrected chi connectivity index (χ1v) is 8.35. The molecular formula is C16H15Br2N3O2. The fourth-order valence-corrected chi connectivity index (χ4v) is 3.56. The van der Waals surface area contributed by atoms with Crippen molar-refractivity contribution in [1.29, 1.82) is 0 Å². The van der Waals surface area contributed by atoms with Gasteiger partial charge in [-0.1, -0.05) is 12.1 Å². The van der Waals surface area contributed by atoms with Crippen molar-refractivity contribution in [3.05, 3.63) is 56.5 Å². The second-order valence-electron chi connectivity index (χ2n) is 4.85. The van der Waals surface area contributed by atoms with Crippen LogP contribution >= 0.6 is 31.9 Å². The van der Waals surface area contributed by atoms with Crippen LogP contribution in [0.5, 0.6) is 5.75 Å². The number of nitrogens with one attached hydrogen (secondary N) is 2. The number of amides is 1. The second kappa shape index (κ2) is 8.12. The zero-order chi connectivity index (χ0) is 16.8.